The van der Waals surface area contributed by atoms with Crippen molar-refractivity contribution in [3.05, 3.63) is 34.4 Å². The molecule has 0 aliphatic rings. The molecule has 0 fully saturated rings. The third kappa shape index (κ3) is 1.62. The van der Waals surface area contributed by atoms with E-state index in [0.29, 0.717) is 0 Å². The highest BCUT2D eigenvalue weighted by molar-refractivity contribution is 9.10. The summed E-state index contributed by atoms with van der Waals surface area (Å²) in [5, 5.41) is 4.39. The highest BCUT2D eigenvalue weighted by Gasteiger charge is 2.01. The van der Waals surface area contributed by atoms with Crippen LogP contribution in [0.2, 0.25) is 0 Å². The predicted molar refractivity (Wildman–Crippen MR) is 58.8 cm³/mol. The van der Waals surface area contributed by atoms with Gasteiger partial charge >= 0.3 is 0 Å². The Balaban J connectivity index is 2.56. The quantitative estimate of drug-likeness (QED) is 0.828. The van der Waals surface area contributed by atoms with Crippen LogP contribution in [0.15, 0.2) is 28.9 Å². The molecule has 0 saturated carbocycles. The maximum Gasteiger partial charge on any atom is 0.0598 e. The van der Waals surface area contributed by atoms with E-state index in [4.69, 9.17) is 0 Å². The van der Waals surface area contributed by atoms with Gasteiger partial charge in [0.1, 0.15) is 0 Å². The molecule has 2 rings (SSSR count). The number of halogens is 1. The number of hydrogen-bond acceptors (Lipinski definition) is 1. The standard InChI is InChI=1S/C10H11BrN2/c1-12-6-7-4-8-2-3-13-10(8)9(11)5-7/h2-5,12-13H,6H2,1H3. The van der Waals surface area contributed by atoms with Crippen molar-refractivity contribution in [3.63, 3.8) is 0 Å². The Hall–Kier alpha value is -0.800. The Morgan fingerprint density at radius 3 is 3.08 bits per heavy atom. The minimum atomic E-state index is 0.902. The molecular weight excluding hydrogens is 228 g/mol. The molecule has 1 aromatic carbocycles. The molecular formula is C10H11BrN2. The van der Waals surface area contributed by atoms with Crippen LogP contribution in [0.4, 0.5) is 0 Å². The molecule has 0 unspecified atom stereocenters. The Morgan fingerprint density at radius 1 is 1.46 bits per heavy atom. The molecule has 0 aliphatic carbocycles. The first-order valence-electron chi connectivity index (χ1n) is 4.21. The summed E-state index contributed by atoms with van der Waals surface area (Å²) < 4.78 is 1.13. The number of aromatic amines is 1. The molecule has 3 heteroatoms. The normalized spacial score (nSPS) is 10.9. The topological polar surface area (TPSA) is 27.8 Å². The zero-order valence-electron chi connectivity index (χ0n) is 7.39. The third-order valence-corrected chi connectivity index (χ3v) is 2.68. The Labute approximate surface area is 85.5 Å². The van der Waals surface area contributed by atoms with Crippen LogP contribution in [-0.4, -0.2) is 12.0 Å². The summed E-state index contributed by atoms with van der Waals surface area (Å²) in [7, 11) is 1.95. The Morgan fingerprint density at radius 2 is 2.31 bits per heavy atom. The van der Waals surface area contributed by atoms with Crippen molar-refractivity contribution in [1.29, 1.82) is 0 Å². The van der Waals surface area contributed by atoms with Gasteiger partial charge in [-0.05, 0) is 46.7 Å². The van der Waals surface area contributed by atoms with E-state index in [2.05, 4.69) is 44.4 Å². The highest BCUT2D eigenvalue weighted by Crippen LogP contribution is 2.24. The number of nitrogens with one attached hydrogen (secondary N) is 2. The lowest BCUT2D eigenvalue weighted by Gasteiger charge is -2.02. The fourth-order valence-corrected chi connectivity index (χ4v) is 2.13. The number of hydrogen-bond donors (Lipinski definition) is 2. The fourth-order valence-electron chi connectivity index (χ4n) is 1.49. The first-order valence-corrected chi connectivity index (χ1v) is 5.00. The fraction of sp³-hybridized carbons (Fsp3) is 0.200. The van der Waals surface area contributed by atoms with Gasteiger partial charge in [0.05, 0.1) is 5.52 Å². The zero-order valence-corrected chi connectivity index (χ0v) is 8.98. The molecule has 1 aromatic heterocycles. The van der Waals surface area contributed by atoms with Crippen LogP contribution >= 0.6 is 15.9 Å². The molecule has 0 spiro atoms. The molecule has 2 N–H and O–H groups in total. The van der Waals surface area contributed by atoms with Gasteiger partial charge in [0.25, 0.3) is 0 Å². The predicted octanol–water partition coefficient (Wildman–Crippen LogP) is 2.65. The lowest BCUT2D eigenvalue weighted by atomic mass is 10.1. The van der Waals surface area contributed by atoms with Crippen LogP contribution in [0.5, 0.6) is 0 Å². The van der Waals surface area contributed by atoms with Crippen molar-refractivity contribution in [1.82, 2.24) is 10.3 Å². The van der Waals surface area contributed by atoms with E-state index in [-0.39, 0.29) is 0 Å². The van der Waals surface area contributed by atoms with E-state index in [1.165, 1.54) is 16.5 Å². The zero-order chi connectivity index (χ0) is 9.26. The van der Waals surface area contributed by atoms with Gasteiger partial charge < -0.3 is 10.3 Å². The van der Waals surface area contributed by atoms with E-state index in [1.807, 2.05) is 13.2 Å². The molecule has 0 radical (unpaired) electrons. The summed E-state index contributed by atoms with van der Waals surface area (Å²) in [5.41, 5.74) is 2.46. The average molecular weight is 239 g/mol. The minimum absolute atomic E-state index is 0.902. The number of H-pyrrole nitrogens is 1. The summed E-state index contributed by atoms with van der Waals surface area (Å²) in [5.74, 6) is 0. The largest absolute Gasteiger partial charge is 0.360 e. The summed E-state index contributed by atoms with van der Waals surface area (Å²) in [4.78, 5) is 3.19. The molecule has 1 heterocycles. The van der Waals surface area contributed by atoms with E-state index in [1.54, 1.807) is 0 Å². The molecule has 0 bridgehead atoms. The minimum Gasteiger partial charge on any atom is -0.360 e. The van der Waals surface area contributed by atoms with E-state index < -0.39 is 0 Å². The SMILES string of the molecule is CNCc1cc(Br)c2[nH]ccc2c1. The molecule has 2 nitrogen and oxygen atoms in total. The molecule has 0 saturated heterocycles. The van der Waals surface area contributed by atoms with Gasteiger partial charge in [-0.2, -0.15) is 0 Å². The average Bonchev–Trinajstić information content (AvgIpc) is 2.53. The summed E-state index contributed by atoms with van der Waals surface area (Å²) >= 11 is 3.54. The molecule has 0 atom stereocenters. The smallest absolute Gasteiger partial charge is 0.0598 e. The van der Waals surface area contributed by atoms with Gasteiger partial charge in [-0.1, -0.05) is 0 Å². The lowest BCUT2D eigenvalue weighted by molar-refractivity contribution is 0.818. The molecule has 68 valence electrons. The van der Waals surface area contributed by atoms with Crippen molar-refractivity contribution in [2.75, 3.05) is 7.05 Å². The first kappa shape index (κ1) is 8.78. The van der Waals surface area contributed by atoms with Gasteiger partial charge in [-0.3, -0.25) is 0 Å². The number of fused-ring (bicyclic) bond motifs is 1. The third-order valence-electron chi connectivity index (χ3n) is 2.05. The van der Waals surface area contributed by atoms with Crippen molar-refractivity contribution >= 4 is 26.8 Å². The van der Waals surface area contributed by atoms with Gasteiger partial charge in [0, 0.05) is 22.6 Å². The van der Waals surface area contributed by atoms with Crippen LogP contribution in [0.25, 0.3) is 10.9 Å². The van der Waals surface area contributed by atoms with E-state index in [0.717, 1.165) is 11.0 Å². The molecule has 13 heavy (non-hydrogen) atoms. The van der Waals surface area contributed by atoms with Crippen LogP contribution in [0.1, 0.15) is 5.56 Å². The van der Waals surface area contributed by atoms with Gasteiger partial charge in [0.15, 0.2) is 0 Å². The lowest BCUT2D eigenvalue weighted by Crippen LogP contribution is -2.04. The van der Waals surface area contributed by atoms with Crippen molar-refractivity contribution in [2.45, 2.75) is 6.54 Å². The Kier molecular flexibility index (Phi) is 2.38. The van der Waals surface area contributed by atoms with Crippen LogP contribution in [0.3, 0.4) is 0 Å². The second kappa shape index (κ2) is 3.52. The summed E-state index contributed by atoms with van der Waals surface area (Å²) in [6, 6.07) is 6.40. The number of benzene rings is 1. The number of aromatic nitrogens is 1. The summed E-state index contributed by atoms with van der Waals surface area (Å²) in [6.45, 7) is 0.902. The van der Waals surface area contributed by atoms with E-state index >= 15 is 0 Å². The second-order valence-corrected chi connectivity index (χ2v) is 3.90. The van der Waals surface area contributed by atoms with Gasteiger partial charge in [-0.15, -0.1) is 0 Å². The molecule has 2 aromatic rings. The van der Waals surface area contributed by atoms with Gasteiger partial charge in [-0.25, -0.2) is 0 Å². The highest BCUT2D eigenvalue weighted by atomic mass is 79.9. The molecule has 0 amide bonds. The van der Waals surface area contributed by atoms with E-state index in [9.17, 15) is 0 Å². The monoisotopic (exact) mass is 238 g/mol. The van der Waals surface area contributed by atoms with Gasteiger partial charge in [0.2, 0.25) is 0 Å². The van der Waals surface area contributed by atoms with Crippen molar-refractivity contribution in [2.24, 2.45) is 0 Å². The van der Waals surface area contributed by atoms with Crippen molar-refractivity contribution < 1.29 is 0 Å². The van der Waals surface area contributed by atoms with Crippen LogP contribution in [-0.2, 0) is 6.54 Å². The number of rotatable bonds is 2. The molecule has 0 aliphatic heterocycles. The van der Waals surface area contributed by atoms with Crippen molar-refractivity contribution in [3.8, 4) is 0 Å². The maximum atomic E-state index is 3.54. The summed E-state index contributed by atoms with van der Waals surface area (Å²) in [6.07, 6.45) is 1.96. The first-order chi connectivity index (χ1) is 6.31. The Bertz CT molecular complexity index is 420. The van der Waals surface area contributed by atoms with Crippen LogP contribution < -0.4 is 5.32 Å². The van der Waals surface area contributed by atoms with Crippen LogP contribution in [0, 0.1) is 0 Å². The second-order valence-electron chi connectivity index (χ2n) is 3.05. The maximum absolute atomic E-state index is 3.54.